The van der Waals surface area contributed by atoms with Crippen LogP contribution in [0.2, 0.25) is 0 Å². The highest BCUT2D eigenvalue weighted by Gasteiger charge is 2.18. The lowest BCUT2D eigenvalue weighted by Crippen LogP contribution is -2.16. The van der Waals surface area contributed by atoms with Crippen LogP contribution in [0, 0.1) is 0 Å². The molecule has 0 radical (unpaired) electrons. The molecule has 1 aromatic rings. The summed E-state index contributed by atoms with van der Waals surface area (Å²) < 4.78 is 7.45. The monoisotopic (exact) mass is 242 g/mol. The number of rotatable bonds is 6. The molecule has 1 unspecified atom stereocenters. The van der Waals surface area contributed by atoms with E-state index in [1.54, 1.807) is 11.8 Å². The van der Waals surface area contributed by atoms with Gasteiger partial charge in [-0.25, -0.2) is 4.68 Å². The number of hydrogen-bond acceptors (Lipinski definition) is 5. The van der Waals surface area contributed by atoms with Crippen LogP contribution in [0.25, 0.3) is 0 Å². The molecule has 5 nitrogen and oxygen atoms in total. The van der Waals surface area contributed by atoms with Crippen molar-refractivity contribution in [3.05, 3.63) is 0 Å². The van der Waals surface area contributed by atoms with Crippen LogP contribution in [0.1, 0.15) is 32.6 Å². The van der Waals surface area contributed by atoms with Gasteiger partial charge < -0.3 is 4.74 Å². The van der Waals surface area contributed by atoms with Crippen molar-refractivity contribution in [2.45, 2.75) is 50.4 Å². The van der Waals surface area contributed by atoms with E-state index in [4.69, 9.17) is 4.74 Å². The highest BCUT2D eigenvalue weighted by Crippen LogP contribution is 2.19. The summed E-state index contributed by atoms with van der Waals surface area (Å²) in [6, 6.07) is 0. The summed E-state index contributed by atoms with van der Waals surface area (Å²) >= 11 is 1.73. The summed E-state index contributed by atoms with van der Waals surface area (Å²) in [4.78, 5) is 0. The second kappa shape index (κ2) is 6.20. The molecule has 1 saturated heterocycles. The molecule has 0 saturated carbocycles. The second-order valence-corrected chi connectivity index (χ2v) is 5.04. The fourth-order valence-electron chi connectivity index (χ4n) is 1.70. The van der Waals surface area contributed by atoms with Crippen LogP contribution < -0.4 is 0 Å². The van der Waals surface area contributed by atoms with Crippen LogP contribution in [-0.2, 0) is 11.3 Å². The van der Waals surface area contributed by atoms with Crippen molar-refractivity contribution >= 4 is 11.8 Å². The smallest absolute Gasteiger partial charge is 0.209 e. The summed E-state index contributed by atoms with van der Waals surface area (Å²) in [5.41, 5.74) is 0. The molecule has 2 heterocycles. The lowest BCUT2D eigenvalue weighted by Gasteiger charge is -2.09. The molecule has 6 heteroatoms. The molecule has 90 valence electrons. The lowest BCUT2D eigenvalue weighted by molar-refractivity contribution is 0.0912. The van der Waals surface area contributed by atoms with E-state index in [9.17, 15) is 0 Å². The van der Waals surface area contributed by atoms with Crippen LogP contribution in [-0.4, -0.2) is 38.7 Å². The summed E-state index contributed by atoms with van der Waals surface area (Å²) in [6.07, 6.45) is 5.00. The summed E-state index contributed by atoms with van der Waals surface area (Å²) in [6.45, 7) is 3.86. The molecule has 1 fully saturated rings. The molecule has 0 aliphatic carbocycles. The number of aromatic nitrogens is 4. The van der Waals surface area contributed by atoms with Gasteiger partial charge >= 0.3 is 0 Å². The zero-order chi connectivity index (χ0) is 11.2. The number of thioether (sulfide) groups is 1. The summed E-state index contributed by atoms with van der Waals surface area (Å²) in [5.74, 6) is 1.09. The van der Waals surface area contributed by atoms with Gasteiger partial charge in [-0.2, -0.15) is 0 Å². The topological polar surface area (TPSA) is 52.8 Å². The lowest BCUT2D eigenvalue weighted by atomic mass is 10.2. The van der Waals surface area contributed by atoms with E-state index in [1.807, 2.05) is 4.68 Å². The van der Waals surface area contributed by atoms with Crippen LogP contribution in [0.3, 0.4) is 0 Å². The van der Waals surface area contributed by atoms with E-state index in [0.29, 0.717) is 6.10 Å². The Hall–Kier alpha value is -0.620. The van der Waals surface area contributed by atoms with Gasteiger partial charge in [-0.05, 0) is 29.7 Å². The number of tetrazole rings is 1. The van der Waals surface area contributed by atoms with Gasteiger partial charge in [0, 0.05) is 12.4 Å². The maximum atomic E-state index is 5.58. The molecule has 0 N–H and O–H groups in total. The minimum atomic E-state index is 0.300. The Bertz CT molecular complexity index is 312. The Kier molecular flexibility index (Phi) is 4.59. The first-order valence-electron chi connectivity index (χ1n) is 5.90. The fraction of sp³-hybridized carbons (Fsp3) is 0.900. The molecular formula is C10H18N4OS. The van der Waals surface area contributed by atoms with E-state index < -0.39 is 0 Å². The van der Waals surface area contributed by atoms with Crippen LogP contribution in [0.15, 0.2) is 5.16 Å². The molecule has 1 aliphatic rings. The third-order valence-corrected chi connectivity index (χ3v) is 3.67. The average molecular weight is 242 g/mol. The zero-order valence-electron chi connectivity index (χ0n) is 9.63. The molecule has 0 amide bonds. The SMILES string of the molecule is CCCCSc1nnnn1CC1CCCO1. The van der Waals surface area contributed by atoms with Gasteiger partial charge in [0.1, 0.15) is 0 Å². The molecule has 0 bridgehead atoms. The van der Waals surface area contributed by atoms with Crippen molar-refractivity contribution in [1.82, 2.24) is 20.2 Å². The predicted molar refractivity (Wildman–Crippen MR) is 62.4 cm³/mol. The average Bonchev–Trinajstić information content (AvgIpc) is 2.92. The zero-order valence-corrected chi connectivity index (χ0v) is 10.4. The normalized spacial score (nSPS) is 20.4. The van der Waals surface area contributed by atoms with E-state index in [0.717, 1.165) is 36.9 Å². The fourth-order valence-corrected chi connectivity index (χ4v) is 2.67. The predicted octanol–water partition coefficient (Wildman–Crippen LogP) is 1.74. The van der Waals surface area contributed by atoms with Gasteiger partial charge in [-0.3, -0.25) is 0 Å². The van der Waals surface area contributed by atoms with E-state index in [2.05, 4.69) is 22.4 Å². The minimum Gasteiger partial charge on any atom is -0.376 e. The maximum Gasteiger partial charge on any atom is 0.209 e. The quantitative estimate of drug-likeness (QED) is 0.562. The molecule has 1 atom stereocenters. The molecule has 0 spiro atoms. The molecular weight excluding hydrogens is 224 g/mol. The van der Waals surface area contributed by atoms with Gasteiger partial charge in [-0.1, -0.05) is 25.1 Å². The number of ether oxygens (including phenoxy) is 1. The molecule has 0 aromatic carbocycles. The van der Waals surface area contributed by atoms with Crippen LogP contribution >= 0.6 is 11.8 Å². The van der Waals surface area contributed by atoms with Crippen LogP contribution in [0.5, 0.6) is 0 Å². The van der Waals surface area contributed by atoms with E-state index >= 15 is 0 Å². The van der Waals surface area contributed by atoms with Gasteiger partial charge in [0.05, 0.1) is 12.6 Å². The second-order valence-electron chi connectivity index (χ2n) is 3.98. The van der Waals surface area contributed by atoms with Crippen molar-refractivity contribution in [2.24, 2.45) is 0 Å². The highest BCUT2D eigenvalue weighted by molar-refractivity contribution is 7.99. The summed E-state index contributed by atoms with van der Waals surface area (Å²) in [5, 5.41) is 12.7. The first kappa shape index (κ1) is 11.9. The van der Waals surface area contributed by atoms with E-state index in [1.165, 1.54) is 12.8 Å². The Morgan fingerprint density at radius 1 is 1.56 bits per heavy atom. The van der Waals surface area contributed by atoms with Gasteiger partial charge in [0.2, 0.25) is 5.16 Å². The largest absolute Gasteiger partial charge is 0.376 e. The summed E-state index contributed by atoms with van der Waals surface area (Å²) in [7, 11) is 0. The third kappa shape index (κ3) is 3.18. The molecule has 2 rings (SSSR count). The Morgan fingerprint density at radius 3 is 3.25 bits per heavy atom. The Labute approximate surface area is 99.9 Å². The number of unbranched alkanes of at least 4 members (excludes halogenated alkanes) is 1. The van der Waals surface area contributed by atoms with Gasteiger partial charge in [0.25, 0.3) is 0 Å². The standard InChI is InChI=1S/C10H18N4OS/c1-2-3-7-16-10-11-12-13-14(10)8-9-5-4-6-15-9/h9H,2-8H2,1H3. The third-order valence-electron chi connectivity index (χ3n) is 2.63. The Morgan fingerprint density at radius 2 is 2.50 bits per heavy atom. The first-order valence-corrected chi connectivity index (χ1v) is 6.89. The van der Waals surface area contributed by atoms with Gasteiger partial charge in [0.15, 0.2) is 0 Å². The van der Waals surface area contributed by atoms with Gasteiger partial charge in [-0.15, -0.1) is 5.10 Å². The van der Waals surface area contributed by atoms with Crippen LogP contribution in [0.4, 0.5) is 0 Å². The number of nitrogens with zero attached hydrogens (tertiary/aromatic N) is 4. The van der Waals surface area contributed by atoms with Crippen molar-refractivity contribution in [3.63, 3.8) is 0 Å². The molecule has 1 aliphatic heterocycles. The van der Waals surface area contributed by atoms with Crippen molar-refractivity contribution in [3.8, 4) is 0 Å². The van der Waals surface area contributed by atoms with Crippen molar-refractivity contribution in [2.75, 3.05) is 12.4 Å². The molecule has 16 heavy (non-hydrogen) atoms. The van der Waals surface area contributed by atoms with E-state index in [-0.39, 0.29) is 0 Å². The van der Waals surface area contributed by atoms with Crippen molar-refractivity contribution < 1.29 is 4.74 Å². The minimum absolute atomic E-state index is 0.300. The highest BCUT2D eigenvalue weighted by atomic mass is 32.2. The number of hydrogen-bond donors (Lipinski definition) is 0. The molecule has 1 aromatic heterocycles. The Balaban J connectivity index is 1.85. The maximum absolute atomic E-state index is 5.58. The van der Waals surface area contributed by atoms with Crippen molar-refractivity contribution in [1.29, 1.82) is 0 Å². The first-order chi connectivity index (χ1) is 7.90.